The molecule has 17 aromatic carbocycles. The van der Waals surface area contributed by atoms with Gasteiger partial charge in [-0.2, -0.15) is 0 Å². The van der Waals surface area contributed by atoms with E-state index in [1.165, 1.54) is 82.9 Å². The molecule has 0 aliphatic heterocycles. The van der Waals surface area contributed by atoms with Crippen LogP contribution in [0.5, 0.6) is 0 Å². The zero-order chi connectivity index (χ0) is 84.5. The van der Waals surface area contributed by atoms with Crippen molar-refractivity contribution in [2.75, 3.05) is 9.80 Å². The van der Waals surface area contributed by atoms with Crippen LogP contribution in [-0.2, 0) is 0 Å². The fourth-order valence-corrected chi connectivity index (χ4v) is 17.8. The van der Waals surface area contributed by atoms with E-state index in [0.717, 1.165) is 38.6 Å². The third kappa shape index (κ3) is 14.3. The summed E-state index contributed by atoms with van der Waals surface area (Å²) in [5.74, 6) is -70.8. The molecule has 0 unspecified atom stereocenters. The molecule has 119 heavy (non-hydrogen) atoms. The molecular weight excluding hydrogens is 1750 g/mol. The summed E-state index contributed by atoms with van der Waals surface area (Å²) in [6.07, 6.45) is -7.22. The Balaban J connectivity index is 0.000000158. The number of anilines is 6. The van der Waals surface area contributed by atoms with Gasteiger partial charge in [-0.3, -0.25) is 0 Å². The van der Waals surface area contributed by atoms with E-state index in [0.29, 0.717) is 5.92 Å². The second-order valence-electron chi connectivity index (χ2n) is 28.0. The molecule has 0 saturated carbocycles. The molecule has 0 radical (unpaired) electrons. The van der Waals surface area contributed by atoms with E-state index in [-0.39, 0.29) is 21.2 Å². The third-order valence-corrected chi connectivity index (χ3v) is 24.1. The Morgan fingerprint density at radius 2 is 0.479 bits per heavy atom. The van der Waals surface area contributed by atoms with E-state index in [2.05, 4.69) is 307 Å². The molecule has 2 nitrogen and oxygen atoms in total. The molecule has 0 N–H and O–H groups in total. The molecule has 0 heterocycles. The second-order valence-corrected chi connectivity index (χ2v) is 32.0. The average molecular weight is 1810 g/mol. The normalized spacial score (nSPS) is 11.7. The first-order valence-electron chi connectivity index (χ1n) is 36.3. The molecular formula is C94H53BBrF20IN2-2. The summed E-state index contributed by atoms with van der Waals surface area (Å²) in [5, 5.41) is 14.7. The van der Waals surface area contributed by atoms with E-state index in [1.54, 1.807) is 0 Å². The summed E-state index contributed by atoms with van der Waals surface area (Å²) in [6, 6.07) is 95.5. The van der Waals surface area contributed by atoms with Crippen LogP contribution in [0.1, 0.15) is 30.9 Å². The van der Waals surface area contributed by atoms with Crippen molar-refractivity contribution in [1.82, 2.24) is 0 Å². The number of hydrogen-bond donors (Lipinski definition) is 0. The van der Waals surface area contributed by atoms with Gasteiger partial charge in [-0.05, 0) is 115 Å². The quantitative estimate of drug-likeness (QED) is 0.0283. The molecule has 0 fully saturated rings. The monoisotopic (exact) mass is 1810 g/mol. The van der Waals surface area contributed by atoms with Gasteiger partial charge in [0.2, 0.25) is 0 Å². The predicted octanol–water partition coefficient (Wildman–Crippen LogP) is 23.4. The number of halogens is 22. The van der Waals surface area contributed by atoms with Gasteiger partial charge < -0.3 is 9.80 Å². The smallest absolute Gasteiger partial charge is 0.200 e. The van der Waals surface area contributed by atoms with Gasteiger partial charge >= 0.3 is 115 Å². The molecule has 0 aromatic heterocycles. The summed E-state index contributed by atoms with van der Waals surface area (Å²) >= 11 is 3.67. The van der Waals surface area contributed by atoms with E-state index >= 15 is 35.1 Å². The topological polar surface area (TPSA) is 6.48 Å². The third-order valence-electron chi connectivity index (χ3n) is 20.9. The van der Waals surface area contributed by atoms with E-state index in [4.69, 9.17) is 0 Å². The van der Waals surface area contributed by atoms with Crippen molar-refractivity contribution < 1.29 is 109 Å². The summed E-state index contributed by atoms with van der Waals surface area (Å²) in [7, 11) is 0. The van der Waals surface area contributed by atoms with Gasteiger partial charge in [0.1, 0.15) is 52.7 Å². The molecule has 0 aliphatic rings. The maximum atomic E-state index is 15.4. The first kappa shape index (κ1) is 81.9. The molecule has 598 valence electrons. The fraction of sp³-hybridized carbons (Fsp3) is 0.0426. The number of hydrogen-bond acceptors (Lipinski definition) is 2. The van der Waals surface area contributed by atoms with Crippen LogP contribution in [0, 0.1) is 130 Å². The van der Waals surface area contributed by atoms with Crippen LogP contribution < -0.4 is 52.9 Å². The van der Waals surface area contributed by atoms with E-state index < -0.39 is 144 Å². The zero-order valence-electron chi connectivity index (χ0n) is 61.7. The summed E-state index contributed by atoms with van der Waals surface area (Å²) in [4.78, 5) is 4.87. The molecule has 0 bridgehead atoms. The van der Waals surface area contributed by atoms with Crippen LogP contribution in [-0.4, -0.2) is 6.15 Å². The first-order chi connectivity index (χ1) is 57.0. The van der Waals surface area contributed by atoms with Crippen LogP contribution in [0.25, 0.3) is 64.6 Å². The fourth-order valence-electron chi connectivity index (χ4n) is 15.3. The van der Waals surface area contributed by atoms with E-state index in [9.17, 15) is 52.7 Å². The molecule has 0 saturated heterocycles. The van der Waals surface area contributed by atoms with Crippen molar-refractivity contribution in [3.05, 3.63) is 400 Å². The van der Waals surface area contributed by atoms with Crippen molar-refractivity contribution in [1.29, 1.82) is 0 Å². The van der Waals surface area contributed by atoms with Crippen molar-refractivity contribution in [2.45, 2.75) is 26.7 Å². The predicted molar refractivity (Wildman–Crippen MR) is 427 cm³/mol. The van der Waals surface area contributed by atoms with Crippen LogP contribution >= 0.6 is 15.9 Å². The Morgan fingerprint density at radius 1 is 0.252 bits per heavy atom. The summed E-state index contributed by atoms with van der Waals surface area (Å²) in [6.45, 7) is 6.62. The maximum Gasteiger partial charge on any atom is 0.200 e. The van der Waals surface area contributed by atoms with Crippen LogP contribution in [0.2, 0.25) is 0 Å². The number of rotatable bonds is 13. The Hall–Kier alpha value is -12.2. The SMILES string of the molecule is Brc1ccc(N(c2ccc(N(c3cc4ccccc4c4ccccc34)c3cc4ccccc4c4ccccc34)cc2)c2cc3ccccc3c3ccccc23)cc1.Cc1ccc([I-]c2ccc(C(C)C)cc2)cc1.Fc1c(F)c(F)c([B-](c2c(F)c(F)c(F)c(F)c2F)(c2c(F)c(F)c(F)c(F)c2F)c2c(F)c(F)c(F)c(F)c2F)c(F)c1F. The minimum Gasteiger partial charge on any atom is -0.207 e. The van der Waals surface area contributed by atoms with Crippen molar-refractivity contribution in [3.8, 4) is 0 Å². The van der Waals surface area contributed by atoms with Crippen LogP contribution in [0.4, 0.5) is 122 Å². The van der Waals surface area contributed by atoms with Gasteiger partial charge in [-0.25, -0.2) is 87.8 Å². The second kappa shape index (κ2) is 32.9. The average Bonchev–Trinajstić information content (AvgIpc) is 0.677. The van der Waals surface area contributed by atoms with Gasteiger partial charge in [0, 0.05) is 37.7 Å². The summed E-state index contributed by atoms with van der Waals surface area (Å²) in [5.41, 5.74) is -4.89. The Bertz CT molecular complexity index is 6400. The molecule has 25 heteroatoms. The van der Waals surface area contributed by atoms with E-state index in [1.807, 2.05) is 0 Å². The molecule has 0 atom stereocenters. The van der Waals surface area contributed by atoms with Crippen molar-refractivity contribution in [2.24, 2.45) is 0 Å². The Labute approximate surface area is 683 Å². The molecule has 0 aliphatic carbocycles. The largest absolute Gasteiger partial charge is 0.207 e. The van der Waals surface area contributed by atoms with Gasteiger partial charge in [0.15, 0.2) is 69.8 Å². The summed E-state index contributed by atoms with van der Waals surface area (Å²) < 4.78 is 298. The zero-order valence-corrected chi connectivity index (χ0v) is 65.4. The van der Waals surface area contributed by atoms with Gasteiger partial charge in [0.05, 0.1) is 17.1 Å². The Morgan fingerprint density at radius 3 is 0.765 bits per heavy atom. The maximum absolute atomic E-state index is 15.4. The van der Waals surface area contributed by atoms with Gasteiger partial charge in [-0.1, -0.05) is 162 Å². The molecule has 17 rings (SSSR count). The minimum atomic E-state index is -7.22. The first-order valence-corrected chi connectivity index (χ1v) is 39.2. The van der Waals surface area contributed by atoms with Crippen LogP contribution in [0.15, 0.2) is 265 Å². The molecule has 0 spiro atoms. The number of nitrogens with zero attached hydrogens (tertiary/aromatic N) is 2. The van der Waals surface area contributed by atoms with Gasteiger partial charge in [0.25, 0.3) is 0 Å². The number of aryl methyl sites for hydroxylation is 1. The molecule has 17 aromatic rings. The van der Waals surface area contributed by atoms with Crippen LogP contribution in [0.3, 0.4) is 0 Å². The molecule has 0 amide bonds. The minimum absolute atomic E-state index is 0.0167. The van der Waals surface area contributed by atoms with Crippen molar-refractivity contribution >= 4 is 143 Å². The van der Waals surface area contributed by atoms with Crippen molar-refractivity contribution in [3.63, 3.8) is 0 Å². The number of fused-ring (bicyclic) bond motifs is 9. The van der Waals surface area contributed by atoms with Gasteiger partial charge in [-0.15, -0.1) is 21.9 Å². The standard InChI is InChI=1S/C54H35BrN2.C24BF20.C16H18I/c55-39-25-27-40(28-26-39)56(52-33-36-13-1-4-16-43(36)46-19-7-10-22-49(46)52)41-29-31-42(32-30-41)57(53-34-37-14-2-5-17-44(37)47-20-8-11-23-50(47)53)54-35-38-15-3-6-18-45(38)48-21-9-12-24-51(48)54;26-5-1(6(27)14(35)21(42)13(5)34)25(2-7(28)15(36)22(43)16(37)8(2)29,3-9(30)17(38)23(44)18(39)10(3)31)4-11(32)19(40)24(45)20(41)12(4)33;1-12(2)14-6-10-16(11-7-14)17-15-8-4-13(3)5-9-15/h1-35H;;4-12H,1-3H3/q;2*-1. The number of benzene rings is 17. The Kier molecular flexibility index (Phi) is 22.7.